The molecule has 8 nitrogen and oxygen atoms in total. The van der Waals surface area contributed by atoms with Crippen LogP contribution in [0.3, 0.4) is 0 Å². The molecule has 3 aromatic carbocycles. The Kier molecular flexibility index (Phi) is 5.57. The number of hydrogen-bond acceptors (Lipinski definition) is 5. The second-order valence-corrected chi connectivity index (χ2v) is 7.42. The summed E-state index contributed by atoms with van der Waals surface area (Å²) in [4.78, 5) is 24.8. The van der Waals surface area contributed by atoms with E-state index in [4.69, 9.17) is 9.84 Å². The van der Waals surface area contributed by atoms with E-state index >= 15 is 0 Å². The van der Waals surface area contributed by atoms with Gasteiger partial charge in [-0.05, 0) is 41.1 Å². The lowest BCUT2D eigenvalue weighted by atomic mass is 10.0. The van der Waals surface area contributed by atoms with Crippen LogP contribution in [0.4, 0.5) is 0 Å². The molecule has 3 rings (SSSR count). The summed E-state index contributed by atoms with van der Waals surface area (Å²) >= 11 is 0. The summed E-state index contributed by atoms with van der Waals surface area (Å²) in [6.07, 6.45) is 0. The van der Waals surface area contributed by atoms with E-state index in [0.717, 1.165) is 5.39 Å². The number of carbonyl (C=O) groups excluding carboxylic acids is 1. The van der Waals surface area contributed by atoms with Crippen LogP contribution in [0.15, 0.2) is 71.6 Å². The van der Waals surface area contributed by atoms with Crippen LogP contribution >= 0.6 is 0 Å². The van der Waals surface area contributed by atoms with Crippen LogP contribution in [0.2, 0.25) is 0 Å². The number of carboxylic acid groups (broad SMARTS) is 1. The first-order valence-electron chi connectivity index (χ1n) is 8.11. The highest BCUT2D eigenvalue weighted by Gasteiger charge is 2.17. The summed E-state index contributed by atoms with van der Waals surface area (Å²) in [5.41, 5.74) is 2.53. The van der Waals surface area contributed by atoms with Crippen molar-refractivity contribution < 1.29 is 27.9 Å². The number of fused-ring (bicyclic) bond motifs is 1. The van der Waals surface area contributed by atoms with E-state index in [2.05, 4.69) is 5.43 Å². The second kappa shape index (κ2) is 8.07. The Balaban J connectivity index is 1.70. The zero-order valence-corrected chi connectivity index (χ0v) is 15.3. The van der Waals surface area contributed by atoms with Gasteiger partial charge in [0.05, 0.1) is 4.90 Å². The molecule has 144 valence electrons. The summed E-state index contributed by atoms with van der Waals surface area (Å²) in [6.45, 7) is -0.536. The smallest absolute Gasteiger partial charge is 0.341 e. The lowest BCUT2D eigenvalue weighted by Gasteiger charge is -2.10. The van der Waals surface area contributed by atoms with Crippen LogP contribution in [0, 0.1) is 0 Å². The summed E-state index contributed by atoms with van der Waals surface area (Å²) < 4.78 is 29.6. The van der Waals surface area contributed by atoms with Gasteiger partial charge in [0.15, 0.2) is 6.61 Å². The van der Waals surface area contributed by atoms with E-state index < -0.39 is 28.5 Å². The molecule has 0 bridgehead atoms. The Morgan fingerprint density at radius 1 is 0.929 bits per heavy atom. The van der Waals surface area contributed by atoms with Crippen LogP contribution in [0.1, 0.15) is 10.4 Å². The SMILES string of the molecule is O=C(O)COc1ccc(S(=O)(=O)NNC(=O)c2cccc3ccccc23)cc1. The molecule has 0 fully saturated rings. The Hall–Kier alpha value is -3.43. The highest BCUT2D eigenvalue weighted by molar-refractivity contribution is 7.89. The fraction of sp³-hybridized carbons (Fsp3) is 0.0526. The maximum Gasteiger partial charge on any atom is 0.341 e. The van der Waals surface area contributed by atoms with Crippen molar-refractivity contribution in [2.24, 2.45) is 0 Å². The molecule has 9 heteroatoms. The van der Waals surface area contributed by atoms with E-state index in [1.54, 1.807) is 24.3 Å². The molecule has 0 saturated carbocycles. The van der Waals surface area contributed by atoms with Gasteiger partial charge in [-0.2, -0.15) is 0 Å². The Morgan fingerprint density at radius 2 is 1.61 bits per heavy atom. The molecule has 3 aromatic rings. The highest BCUT2D eigenvalue weighted by Crippen LogP contribution is 2.19. The first-order chi connectivity index (χ1) is 13.4. The molecule has 3 N–H and O–H groups in total. The molecular weight excluding hydrogens is 384 g/mol. The van der Waals surface area contributed by atoms with Gasteiger partial charge in [-0.15, -0.1) is 4.83 Å². The van der Waals surface area contributed by atoms with Gasteiger partial charge < -0.3 is 9.84 Å². The van der Waals surface area contributed by atoms with E-state index in [0.29, 0.717) is 10.9 Å². The van der Waals surface area contributed by atoms with Crippen LogP contribution < -0.4 is 15.0 Å². The summed E-state index contributed by atoms with van der Waals surface area (Å²) in [7, 11) is -4.02. The largest absolute Gasteiger partial charge is 0.482 e. The third kappa shape index (κ3) is 4.45. The van der Waals surface area contributed by atoms with E-state index in [9.17, 15) is 18.0 Å². The molecule has 1 amide bonds. The molecular formula is C19H16N2O6S. The van der Waals surface area contributed by atoms with Gasteiger partial charge in [0, 0.05) is 5.56 Å². The average molecular weight is 400 g/mol. The number of hydrogen-bond donors (Lipinski definition) is 3. The summed E-state index contributed by atoms with van der Waals surface area (Å²) in [6, 6.07) is 17.5. The molecule has 0 saturated heterocycles. The van der Waals surface area contributed by atoms with Crippen molar-refractivity contribution in [3.63, 3.8) is 0 Å². The third-order valence-corrected chi connectivity index (χ3v) is 5.09. The monoisotopic (exact) mass is 400 g/mol. The fourth-order valence-electron chi connectivity index (χ4n) is 2.52. The van der Waals surface area contributed by atoms with Gasteiger partial charge in [0.2, 0.25) is 0 Å². The van der Waals surface area contributed by atoms with Crippen molar-refractivity contribution in [3.05, 3.63) is 72.3 Å². The molecule has 0 unspecified atom stereocenters. The van der Waals surface area contributed by atoms with Crippen molar-refractivity contribution in [3.8, 4) is 5.75 Å². The third-order valence-electron chi connectivity index (χ3n) is 3.83. The van der Waals surface area contributed by atoms with Crippen molar-refractivity contribution in [1.82, 2.24) is 10.3 Å². The van der Waals surface area contributed by atoms with E-state index in [1.165, 1.54) is 24.3 Å². The van der Waals surface area contributed by atoms with Gasteiger partial charge in [-0.1, -0.05) is 36.4 Å². The molecule has 0 radical (unpaired) electrons. The number of ether oxygens (including phenoxy) is 1. The van der Waals surface area contributed by atoms with E-state index in [1.807, 2.05) is 23.0 Å². The fourth-order valence-corrected chi connectivity index (χ4v) is 3.36. The first-order valence-corrected chi connectivity index (χ1v) is 9.60. The van der Waals surface area contributed by atoms with Crippen LogP contribution in [0.25, 0.3) is 10.8 Å². The second-order valence-electron chi connectivity index (χ2n) is 5.74. The van der Waals surface area contributed by atoms with Gasteiger partial charge in [0.1, 0.15) is 5.75 Å². The lowest BCUT2D eigenvalue weighted by Crippen LogP contribution is -2.41. The van der Waals surface area contributed by atoms with Crippen molar-refractivity contribution >= 4 is 32.7 Å². The number of aliphatic carboxylic acids is 1. The minimum absolute atomic E-state index is 0.117. The van der Waals surface area contributed by atoms with Gasteiger partial charge in [-0.25, -0.2) is 13.2 Å². The zero-order valence-electron chi connectivity index (χ0n) is 14.5. The van der Waals surface area contributed by atoms with Crippen LogP contribution in [-0.4, -0.2) is 32.0 Å². The van der Waals surface area contributed by atoms with Crippen molar-refractivity contribution in [2.75, 3.05) is 6.61 Å². The average Bonchev–Trinajstić information content (AvgIpc) is 2.70. The van der Waals surface area contributed by atoms with Crippen LogP contribution in [-0.2, 0) is 14.8 Å². The molecule has 0 aliphatic heterocycles. The Morgan fingerprint density at radius 3 is 2.32 bits per heavy atom. The predicted molar refractivity (Wildman–Crippen MR) is 101 cm³/mol. The number of nitrogens with one attached hydrogen (secondary N) is 2. The standard InChI is InChI=1S/C19H16N2O6S/c22-18(23)12-27-14-8-10-15(11-9-14)28(25,26)21-20-19(24)17-7-3-5-13-4-1-2-6-16(13)17/h1-11,21H,12H2,(H,20,24)(H,22,23). The molecule has 0 atom stereocenters. The number of rotatable bonds is 7. The summed E-state index contributed by atoms with van der Waals surface area (Å²) in [5, 5.41) is 10.1. The number of carboxylic acids is 1. The Bertz CT molecular complexity index is 1120. The number of carbonyl (C=O) groups is 2. The number of amides is 1. The number of sulfonamides is 1. The topological polar surface area (TPSA) is 122 Å². The first kappa shape index (κ1) is 19.3. The quantitative estimate of drug-likeness (QED) is 0.521. The van der Waals surface area contributed by atoms with Crippen molar-refractivity contribution in [1.29, 1.82) is 0 Å². The maximum absolute atomic E-state index is 12.4. The normalized spacial score (nSPS) is 11.1. The molecule has 0 heterocycles. The molecule has 0 spiro atoms. The van der Waals surface area contributed by atoms with Gasteiger partial charge in [-0.3, -0.25) is 10.2 Å². The number of hydrazine groups is 1. The van der Waals surface area contributed by atoms with Gasteiger partial charge >= 0.3 is 5.97 Å². The van der Waals surface area contributed by atoms with Crippen molar-refractivity contribution in [2.45, 2.75) is 4.90 Å². The summed E-state index contributed by atoms with van der Waals surface area (Å²) in [5.74, 6) is -1.53. The highest BCUT2D eigenvalue weighted by atomic mass is 32.2. The molecule has 28 heavy (non-hydrogen) atoms. The molecule has 0 aliphatic carbocycles. The molecule has 0 aromatic heterocycles. The number of benzene rings is 3. The minimum Gasteiger partial charge on any atom is -0.482 e. The Labute approximate surface area is 160 Å². The van der Waals surface area contributed by atoms with E-state index in [-0.39, 0.29) is 10.6 Å². The maximum atomic E-state index is 12.4. The minimum atomic E-state index is -4.02. The predicted octanol–water partition coefficient (Wildman–Crippen LogP) is 1.93. The zero-order chi connectivity index (χ0) is 20.1. The molecule has 0 aliphatic rings. The lowest BCUT2D eigenvalue weighted by molar-refractivity contribution is -0.139. The van der Waals surface area contributed by atoms with Gasteiger partial charge in [0.25, 0.3) is 15.9 Å². The van der Waals surface area contributed by atoms with Crippen LogP contribution in [0.5, 0.6) is 5.75 Å².